The van der Waals surface area contributed by atoms with Crippen LogP contribution in [0.25, 0.3) is 55.0 Å². The molecule has 7 aromatic carbocycles. The number of anilines is 3. The lowest BCUT2D eigenvalue weighted by molar-refractivity contribution is 0.660. The molecule has 0 bridgehead atoms. The summed E-state index contributed by atoms with van der Waals surface area (Å²) in [7, 11) is 0. The van der Waals surface area contributed by atoms with Crippen LogP contribution in [0, 0.1) is 0 Å². The molecule has 0 amide bonds. The van der Waals surface area contributed by atoms with Gasteiger partial charge in [-0.05, 0) is 75.0 Å². The number of furan rings is 1. The molecule has 0 unspecified atom stereocenters. The van der Waals surface area contributed by atoms with E-state index in [1.807, 2.05) is 0 Å². The van der Waals surface area contributed by atoms with E-state index in [1.54, 1.807) is 0 Å². The molecule has 0 N–H and O–H groups in total. The van der Waals surface area contributed by atoms with Crippen molar-refractivity contribution in [3.05, 3.63) is 163 Å². The van der Waals surface area contributed by atoms with E-state index in [0.29, 0.717) is 0 Å². The van der Waals surface area contributed by atoms with Gasteiger partial charge in [0, 0.05) is 27.4 Å². The fraction of sp³-hybridized carbons (Fsp3) is 0.0698. The Labute approximate surface area is 262 Å². The van der Waals surface area contributed by atoms with Crippen LogP contribution in [0.5, 0.6) is 0 Å². The Bertz CT molecular complexity index is 2410. The summed E-state index contributed by atoms with van der Waals surface area (Å²) in [5, 5.41) is 4.63. The van der Waals surface area contributed by atoms with Crippen LogP contribution in [-0.2, 0) is 5.41 Å². The first-order valence-electron chi connectivity index (χ1n) is 15.6. The Kier molecular flexibility index (Phi) is 5.58. The van der Waals surface area contributed by atoms with Crippen molar-refractivity contribution in [1.82, 2.24) is 0 Å². The summed E-state index contributed by atoms with van der Waals surface area (Å²) in [6, 6.07) is 54.6. The molecule has 1 heterocycles. The summed E-state index contributed by atoms with van der Waals surface area (Å²) in [5.74, 6) is 0. The van der Waals surface area contributed by atoms with Gasteiger partial charge in [0.25, 0.3) is 0 Å². The molecule has 2 nitrogen and oxygen atoms in total. The molecule has 1 aliphatic rings. The molecule has 0 saturated heterocycles. The highest BCUT2D eigenvalue weighted by Gasteiger charge is 2.35. The topological polar surface area (TPSA) is 16.4 Å². The molecule has 2 heteroatoms. The Balaban J connectivity index is 1.34. The quantitative estimate of drug-likeness (QED) is 0.207. The number of rotatable bonds is 4. The number of benzene rings is 7. The average molecular weight is 578 g/mol. The first kappa shape index (κ1) is 25.9. The minimum absolute atomic E-state index is 0.0576. The van der Waals surface area contributed by atoms with E-state index in [0.717, 1.165) is 44.6 Å². The van der Waals surface area contributed by atoms with Gasteiger partial charge in [0.05, 0.1) is 11.4 Å². The SMILES string of the molecule is CC1(C)c2ccccc2-c2cc(N(c3ccccc3-c3ccccc3)c3cccc4c3oc3cc5ccccc5cc34)ccc21. The lowest BCUT2D eigenvalue weighted by Gasteiger charge is -2.29. The third-order valence-corrected chi connectivity index (χ3v) is 9.64. The predicted molar refractivity (Wildman–Crippen MR) is 189 cm³/mol. The van der Waals surface area contributed by atoms with Gasteiger partial charge in [-0.15, -0.1) is 0 Å². The van der Waals surface area contributed by atoms with Gasteiger partial charge in [-0.1, -0.05) is 129 Å². The normalized spacial score (nSPS) is 13.3. The lowest BCUT2D eigenvalue weighted by atomic mass is 9.82. The standard InChI is InChI=1S/C43H31NO/c1-43(2)37-20-10-8-18-33(37)35-27-31(23-24-38(35)43)44(39-21-11-9-17-32(39)28-13-4-3-5-14-28)40-22-12-19-34-36-25-29-15-6-7-16-30(29)26-41(36)45-42(34)40/h3-27H,1-2H3. The van der Waals surface area contributed by atoms with Crippen molar-refractivity contribution in [3.8, 4) is 22.3 Å². The molecule has 45 heavy (non-hydrogen) atoms. The van der Waals surface area contributed by atoms with E-state index in [9.17, 15) is 0 Å². The third-order valence-electron chi connectivity index (χ3n) is 9.64. The Morgan fingerprint density at radius 1 is 0.489 bits per heavy atom. The minimum Gasteiger partial charge on any atom is -0.454 e. The van der Waals surface area contributed by atoms with E-state index in [1.165, 1.54) is 38.6 Å². The number of nitrogens with zero attached hydrogens (tertiary/aromatic N) is 1. The van der Waals surface area contributed by atoms with E-state index >= 15 is 0 Å². The van der Waals surface area contributed by atoms with E-state index < -0.39 is 0 Å². The minimum atomic E-state index is -0.0576. The summed E-state index contributed by atoms with van der Waals surface area (Å²) < 4.78 is 6.80. The third kappa shape index (κ3) is 3.89. The number of hydrogen-bond acceptors (Lipinski definition) is 2. The van der Waals surface area contributed by atoms with Crippen molar-refractivity contribution < 1.29 is 4.42 Å². The maximum Gasteiger partial charge on any atom is 0.159 e. The largest absolute Gasteiger partial charge is 0.454 e. The Morgan fingerprint density at radius 2 is 1.16 bits per heavy atom. The van der Waals surface area contributed by atoms with Crippen molar-refractivity contribution in [2.45, 2.75) is 19.3 Å². The fourth-order valence-electron chi connectivity index (χ4n) is 7.43. The number of para-hydroxylation sites is 2. The molecule has 0 saturated carbocycles. The molecule has 0 fully saturated rings. The first-order chi connectivity index (χ1) is 22.1. The van der Waals surface area contributed by atoms with Crippen LogP contribution in [-0.4, -0.2) is 0 Å². The van der Waals surface area contributed by atoms with Crippen LogP contribution < -0.4 is 4.90 Å². The van der Waals surface area contributed by atoms with Crippen LogP contribution in [0.15, 0.2) is 156 Å². The maximum absolute atomic E-state index is 6.80. The van der Waals surface area contributed by atoms with Gasteiger partial charge in [0.1, 0.15) is 5.58 Å². The summed E-state index contributed by atoms with van der Waals surface area (Å²) in [6.07, 6.45) is 0. The molecule has 0 aliphatic heterocycles. The molecule has 0 spiro atoms. The fourth-order valence-corrected chi connectivity index (χ4v) is 7.43. The molecule has 1 aromatic heterocycles. The van der Waals surface area contributed by atoms with Crippen LogP contribution >= 0.6 is 0 Å². The Hall–Kier alpha value is -5.60. The summed E-state index contributed by atoms with van der Waals surface area (Å²) >= 11 is 0. The summed E-state index contributed by atoms with van der Waals surface area (Å²) in [5.41, 5.74) is 12.6. The Morgan fingerprint density at radius 3 is 2.00 bits per heavy atom. The molecular weight excluding hydrogens is 546 g/mol. The second-order valence-electron chi connectivity index (χ2n) is 12.6. The number of hydrogen-bond donors (Lipinski definition) is 0. The smallest absolute Gasteiger partial charge is 0.159 e. The van der Waals surface area contributed by atoms with Gasteiger partial charge in [0.2, 0.25) is 0 Å². The molecule has 1 aliphatic carbocycles. The highest BCUT2D eigenvalue weighted by atomic mass is 16.3. The molecule has 0 radical (unpaired) electrons. The second-order valence-corrected chi connectivity index (χ2v) is 12.6. The highest BCUT2D eigenvalue weighted by Crippen LogP contribution is 2.52. The molecule has 8 aromatic rings. The average Bonchev–Trinajstić information content (AvgIpc) is 3.56. The van der Waals surface area contributed by atoms with Gasteiger partial charge in [-0.2, -0.15) is 0 Å². The van der Waals surface area contributed by atoms with Gasteiger partial charge in [-0.25, -0.2) is 0 Å². The van der Waals surface area contributed by atoms with Gasteiger partial charge in [0.15, 0.2) is 5.58 Å². The summed E-state index contributed by atoms with van der Waals surface area (Å²) in [4.78, 5) is 2.39. The monoisotopic (exact) mass is 577 g/mol. The predicted octanol–water partition coefficient (Wildman–Crippen LogP) is 12.2. The zero-order valence-electron chi connectivity index (χ0n) is 25.3. The molecule has 9 rings (SSSR count). The number of fused-ring (bicyclic) bond motifs is 7. The second kappa shape index (κ2) is 9.70. The van der Waals surface area contributed by atoms with Crippen LogP contribution in [0.2, 0.25) is 0 Å². The van der Waals surface area contributed by atoms with Crippen molar-refractivity contribution >= 4 is 49.8 Å². The van der Waals surface area contributed by atoms with Gasteiger partial charge < -0.3 is 9.32 Å². The van der Waals surface area contributed by atoms with Crippen molar-refractivity contribution in [1.29, 1.82) is 0 Å². The van der Waals surface area contributed by atoms with Crippen molar-refractivity contribution in [2.24, 2.45) is 0 Å². The van der Waals surface area contributed by atoms with Gasteiger partial charge >= 0.3 is 0 Å². The zero-order valence-corrected chi connectivity index (χ0v) is 25.3. The van der Waals surface area contributed by atoms with E-state index in [-0.39, 0.29) is 5.41 Å². The van der Waals surface area contributed by atoms with Crippen molar-refractivity contribution in [2.75, 3.05) is 4.90 Å². The first-order valence-corrected chi connectivity index (χ1v) is 15.6. The van der Waals surface area contributed by atoms with Gasteiger partial charge in [-0.3, -0.25) is 0 Å². The van der Waals surface area contributed by atoms with Crippen molar-refractivity contribution in [3.63, 3.8) is 0 Å². The lowest BCUT2D eigenvalue weighted by Crippen LogP contribution is -2.15. The summed E-state index contributed by atoms with van der Waals surface area (Å²) in [6.45, 7) is 4.66. The van der Waals surface area contributed by atoms with Crippen LogP contribution in [0.1, 0.15) is 25.0 Å². The highest BCUT2D eigenvalue weighted by molar-refractivity contribution is 6.14. The van der Waals surface area contributed by atoms with E-state index in [4.69, 9.17) is 4.42 Å². The van der Waals surface area contributed by atoms with Crippen LogP contribution in [0.4, 0.5) is 17.1 Å². The van der Waals surface area contributed by atoms with E-state index in [2.05, 4.69) is 170 Å². The van der Waals surface area contributed by atoms with Crippen LogP contribution in [0.3, 0.4) is 0 Å². The maximum atomic E-state index is 6.80. The zero-order chi connectivity index (χ0) is 30.1. The molecule has 0 atom stereocenters. The molecule has 214 valence electrons. The molecular formula is C43H31NO.